The fourth-order valence-electron chi connectivity index (χ4n) is 3.53. The Morgan fingerprint density at radius 1 is 1.31 bits per heavy atom. The molecule has 1 fully saturated rings. The van der Waals surface area contributed by atoms with Gasteiger partial charge in [0, 0.05) is 5.75 Å². The number of benzene rings is 1. The highest BCUT2D eigenvalue weighted by molar-refractivity contribution is 8.93. The first-order valence-corrected chi connectivity index (χ1v) is 10.2. The van der Waals surface area contributed by atoms with Crippen LogP contribution in [-0.4, -0.2) is 40.4 Å². The van der Waals surface area contributed by atoms with Crippen LogP contribution < -0.4 is 11.1 Å². The van der Waals surface area contributed by atoms with E-state index in [4.69, 9.17) is 5.73 Å². The molecular weight excluding hydrogens is 414 g/mol. The lowest BCUT2D eigenvalue weighted by Gasteiger charge is -2.31. The number of carbonyl (C=O) groups excluding carboxylic acids is 2. The molecule has 1 aliphatic heterocycles. The molecule has 1 aromatic rings. The lowest BCUT2D eigenvalue weighted by Crippen LogP contribution is -2.53. The van der Waals surface area contributed by atoms with Crippen LogP contribution >= 0.6 is 28.7 Å². The van der Waals surface area contributed by atoms with Gasteiger partial charge in [-0.05, 0) is 36.3 Å². The predicted octanol–water partition coefficient (Wildman–Crippen LogP) is 2.64. The van der Waals surface area contributed by atoms with Crippen LogP contribution in [0.25, 0.3) is 0 Å². The van der Waals surface area contributed by atoms with Gasteiger partial charge in [-0.15, -0.1) is 28.7 Å². The number of hydrogen-bond donors (Lipinski definition) is 2. The molecule has 1 aromatic carbocycles. The maximum absolute atomic E-state index is 12.9. The van der Waals surface area contributed by atoms with Crippen molar-refractivity contribution in [2.45, 2.75) is 51.2 Å². The highest BCUT2D eigenvalue weighted by Crippen LogP contribution is 2.30. The summed E-state index contributed by atoms with van der Waals surface area (Å²) in [4.78, 5) is 27.1. The van der Waals surface area contributed by atoms with Gasteiger partial charge in [-0.25, -0.2) is 0 Å². The molecule has 1 heterocycles. The van der Waals surface area contributed by atoms with E-state index in [1.54, 1.807) is 16.7 Å². The number of amides is 2. The number of nitrogens with zero attached hydrogens (tertiary/aromatic N) is 1. The Kier molecular flexibility index (Phi) is 7.55. The van der Waals surface area contributed by atoms with E-state index < -0.39 is 12.1 Å². The van der Waals surface area contributed by atoms with Crippen molar-refractivity contribution in [1.82, 2.24) is 10.2 Å². The zero-order chi connectivity index (χ0) is 18.0. The second-order valence-electron chi connectivity index (χ2n) is 7.25. The summed E-state index contributed by atoms with van der Waals surface area (Å²) < 4.78 is 0. The van der Waals surface area contributed by atoms with Crippen LogP contribution in [0.5, 0.6) is 0 Å². The van der Waals surface area contributed by atoms with Gasteiger partial charge in [-0.3, -0.25) is 9.59 Å². The monoisotopic (exact) mass is 441 g/mol. The third-order valence-electron chi connectivity index (χ3n) is 5.16. The molecule has 26 heavy (non-hydrogen) atoms. The number of thioether (sulfide) groups is 1. The van der Waals surface area contributed by atoms with Crippen LogP contribution in [0.15, 0.2) is 24.3 Å². The van der Waals surface area contributed by atoms with E-state index >= 15 is 0 Å². The number of hydrogen-bond acceptors (Lipinski definition) is 4. The second-order valence-corrected chi connectivity index (χ2v) is 8.25. The van der Waals surface area contributed by atoms with Gasteiger partial charge in [0.15, 0.2) is 0 Å². The summed E-state index contributed by atoms with van der Waals surface area (Å²) in [6, 6.07) is 7.37. The molecule has 3 atom stereocenters. The quantitative estimate of drug-likeness (QED) is 0.752. The summed E-state index contributed by atoms with van der Waals surface area (Å²) in [6.45, 7) is 3.86. The Balaban J connectivity index is 0.00000243. The van der Waals surface area contributed by atoms with E-state index in [0.29, 0.717) is 11.6 Å². The molecule has 2 amide bonds. The lowest BCUT2D eigenvalue weighted by molar-refractivity contribution is -0.140. The molecule has 0 unspecified atom stereocenters. The Bertz CT molecular complexity index is 655. The molecule has 3 rings (SSSR count). The third kappa shape index (κ3) is 4.43. The van der Waals surface area contributed by atoms with Crippen molar-refractivity contribution in [3.8, 4) is 0 Å². The first-order valence-electron chi connectivity index (χ1n) is 9.01. The summed E-state index contributed by atoms with van der Waals surface area (Å²) in [5, 5.41) is 3.18. The van der Waals surface area contributed by atoms with Crippen molar-refractivity contribution >= 4 is 40.6 Å². The van der Waals surface area contributed by atoms with Gasteiger partial charge in [0.1, 0.15) is 6.04 Å². The topological polar surface area (TPSA) is 75.4 Å². The van der Waals surface area contributed by atoms with E-state index in [-0.39, 0.29) is 40.8 Å². The van der Waals surface area contributed by atoms with E-state index in [1.807, 2.05) is 26.0 Å². The van der Waals surface area contributed by atoms with Crippen molar-refractivity contribution in [3.05, 3.63) is 35.4 Å². The SMILES string of the molecule is Br.CC(C)[C@H](N)C(=O)N1CSC[C@H]1C(=O)N[C@@H]1CCCc2ccccc21. The maximum Gasteiger partial charge on any atom is 0.244 e. The summed E-state index contributed by atoms with van der Waals surface area (Å²) >= 11 is 1.61. The Morgan fingerprint density at radius 3 is 2.77 bits per heavy atom. The van der Waals surface area contributed by atoms with Crippen LogP contribution in [0.3, 0.4) is 0 Å². The molecule has 0 saturated carbocycles. The minimum absolute atomic E-state index is 0. The number of rotatable bonds is 4. The molecule has 2 aliphatic rings. The molecule has 7 heteroatoms. The zero-order valence-electron chi connectivity index (χ0n) is 15.3. The first kappa shape index (κ1) is 21.3. The first-order chi connectivity index (χ1) is 12.0. The Hall–Kier alpha value is -1.05. The average molecular weight is 442 g/mol. The van der Waals surface area contributed by atoms with Crippen LogP contribution in [0, 0.1) is 5.92 Å². The van der Waals surface area contributed by atoms with Crippen molar-refractivity contribution in [2.75, 3.05) is 11.6 Å². The molecule has 1 saturated heterocycles. The second kappa shape index (κ2) is 9.24. The van der Waals surface area contributed by atoms with Crippen LogP contribution in [0.4, 0.5) is 0 Å². The summed E-state index contributed by atoms with van der Waals surface area (Å²) in [5.74, 6) is 1.06. The maximum atomic E-state index is 12.9. The van der Waals surface area contributed by atoms with Gasteiger partial charge < -0.3 is 16.0 Å². The lowest BCUT2D eigenvalue weighted by atomic mass is 9.87. The van der Waals surface area contributed by atoms with Crippen molar-refractivity contribution in [3.63, 3.8) is 0 Å². The summed E-state index contributed by atoms with van der Waals surface area (Å²) in [6.07, 6.45) is 3.08. The van der Waals surface area contributed by atoms with E-state index in [9.17, 15) is 9.59 Å². The normalized spacial score (nSPS) is 23.2. The number of nitrogens with two attached hydrogens (primary N) is 1. The fourth-order valence-corrected chi connectivity index (χ4v) is 4.69. The van der Waals surface area contributed by atoms with Gasteiger partial charge >= 0.3 is 0 Å². The van der Waals surface area contributed by atoms with Gasteiger partial charge in [-0.1, -0.05) is 38.1 Å². The highest BCUT2D eigenvalue weighted by Gasteiger charge is 2.38. The molecule has 0 spiro atoms. The predicted molar refractivity (Wildman–Crippen MR) is 111 cm³/mol. The standard InChI is InChI=1S/C19H27N3O2S.BrH/c1-12(2)17(20)19(24)22-11-25-10-16(22)18(23)21-15-9-5-7-13-6-3-4-8-14(13)15;/h3-4,6,8,12,15-17H,5,7,9-11,20H2,1-2H3,(H,21,23);1H/t15-,16+,17+;/m1./s1. The minimum Gasteiger partial charge on any atom is -0.347 e. The van der Waals surface area contributed by atoms with Crippen LogP contribution in [0.1, 0.15) is 43.9 Å². The smallest absolute Gasteiger partial charge is 0.244 e. The number of aryl methyl sites for hydroxylation is 1. The van der Waals surface area contributed by atoms with Gasteiger partial charge in [0.25, 0.3) is 0 Å². The molecular formula is C19H28BrN3O2S. The van der Waals surface area contributed by atoms with Gasteiger partial charge in [0.2, 0.25) is 11.8 Å². The van der Waals surface area contributed by atoms with Crippen molar-refractivity contribution in [2.24, 2.45) is 11.7 Å². The number of halogens is 1. The van der Waals surface area contributed by atoms with E-state index in [1.165, 1.54) is 11.1 Å². The molecule has 5 nitrogen and oxygen atoms in total. The van der Waals surface area contributed by atoms with Crippen LogP contribution in [-0.2, 0) is 16.0 Å². The third-order valence-corrected chi connectivity index (χ3v) is 6.17. The minimum atomic E-state index is -0.551. The zero-order valence-corrected chi connectivity index (χ0v) is 17.8. The van der Waals surface area contributed by atoms with Crippen LogP contribution in [0.2, 0.25) is 0 Å². The molecule has 144 valence electrons. The highest BCUT2D eigenvalue weighted by atomic mass is 79.9. The van der Waals surface area contributed by atoms with E-state index in [0.717, 1.165) is 19.3 Å². The van der Waals surface area contributed by atoms with E-state index in [2.05, 4.69) is 17.4 Å². The Morgan fingerprint density at radius 2 is 2.04 bits per heavy atom. The molecule has 1 aliphatic carbocycles. The molecule has 3 N–H and O–H groups in total. The fraction of sp³-hybridized carbons (Fsp3) is 0.579. The molecule has 0 aromatic heterocycles. The largest absolute Gasteiger partial charge is 0.347 e. The van der Waals surface area contributed by atoms with Gasteiger partial charge in [-0.2, -0.15) is 0 Å². The molecule has 0 bridgehead atoms. The summed E-state index contributed by atoms with van der Waals surface area (Å²) in [5.41, 5.74) is 8.54. The average Bonchev–Trinajstić information content (AvgIpc) is 3.10. The summed E-state index contributed by atoms with van der Waals surface area (Å²) in [7, 11) is 0. The number of fused-ring (bicyclic) bond motifs is 1. The van der Waals surface area contributed by atoms with Gasteiger partial charge in [0.05, 0.1) is 18.0 Å². The number of nitrogens with one attached hydrogen (secondary N) is 1. The van der Waals surface area contributed by atoms with Crippen molar-refractivity contribution in [1.29, 1.82) is 0 Å². The molecule has 0 radical (unpaired) electrons. The Labute approximate surface area is 170 Å². The number of carbonyl (C=O) groups is 2. The van der Waals surface area contributed by atoms with Crippen molar-refractivity contribution < 1.29 is 9.59 Å².